The summed E-state index contributed by atoms with van der Waals surface area (Å²) in [6.07, 6.45) is 1.82. The van der Waals surface area contributed by atoms with E-state index in [0.29, 0.717) is 39.0 Å². The van der Waals surface area contributed by atoms with E-state index in [1.165, 1.54) is 0 Å². The van der Waals surface area contributed by atoms with Gasteiger partial charge in [-0.25, -0.2) is 8.42 Å². The van der Waals surface area contributed by atoms with Crippen molar-refractivity contribution in [2.24, 2.45) is 5.73 Å². The third kappa shape index (κ3) is 2.32. The maximum absolute atomic E-state index is 12.8. The van der Waals surface area contributed by atoms with Gasteiger partial charge in [-0.1, -0.05) is 18.2 Å². The summed E-state index contributed by atoms with van der Waals surface area (Å²) in [6, 6.07) is 7.47. The van der Waals surface area contributed by atoms with Crippen molar-refractivity contribution >= 4 is 15.7 Å². The number of benzene rings is 1. The van der Waals surface area contributed by atoms with Crippen molar-refractivity contribution < 1.29 is 13.2 Å². The van der Waals surface area contributed by atoms with Gasteiger partial charge in [-0.05, 0) is 30.9 Å². The number of hydrogen-bond acceptors (Lipinski definition) is 4. The summed E-state index contributed by atoms with van der Waals surface area (Å²) in [5.74, 6) is 0. The van der Waals surface area contributed by atoms with E-state index in [2.05, 4.69) is 0 Å². The van der Waals surface area contributed by atoms with Gasteiger partial charge in [-0.2, -0.15) is 0 Å². The molecule has 0 radical (unpaired) electrons. The number of nitrogens with zero attached hydrogens (tertiary/aromatic N) is 1. The fourth-order valence-electron chi connectivity index (χ4n) is 2.98. The van der Waals surface area contributed by atoms with Crippen LogP contribution in [0.5, 0.6) is 0 Å². The second kappa shape index (κ2) is 5.35. The second-order valence-electron chi connectivity index (χ2n) is 5.38. The Bertz CT molecular complexity index is 582. The SMILES string of the molecule is NC1CCN(S(=O)(=O)C2CCOCC2)c2ccccc21. The van der Waals surface area contributed by atoms with Crippen molar-refractivity contribution in [1.82, 2.24) is 0 Å². The molecule has 2 N–H and O–H groups in total. The molecule has 0 amide bonds. The Morgan fingerprint density at radius 1 is 1.15 bits per heavy atom. The van der Waals surface area contributed by atoms with E-state index in [4.69, 9.17) is 10.5 Å². The molecule has 0 aromatic heterocycles. The lowest BCUT2D eigenvalue weighted by atomic mass is 9.99. The van der Waals surface area contributed by atoms with Crippen molar-refractivity contribution in [2.75, 3.05) is 24.1 Å². The lowest BCUT2D eigenvalue weighted by molar-refractivity contribution is 0.0983. The topological polar surface area (TPSA) is 72.6 Å². The van der Waals surface area contributed by atoms with E-state index >= 15 is 0 Å². The van der Waals surface area contributed by atoms with Gasteiger partial charge in [0.05, 0.1) is 10.9 Å². The highest BCUT2D eigenvalue weighted by molar-refractivity contribution is 7.93. The van der Waals surface area contributed by atoms with Crippen LogP contribution in [0.15, 0.2) is 24.3 Å². The van der Waals surface area contributed by atoms with Gasteiger partial charge >= 0.3 is 0 Å². The lowest BCUT2D eigenvalue weighted by Gasteiger charge is -2.36. The van der Waals surface area contributed by atoms with E-state index in [1.807, 2.05) is 24.3 Å². The molecular weight excluding hydrogens is 276 g/mol. The number of ether oxygens (including phenoxy) is 1. The highest BCUT2D eigenvalue weighted by Crippen LogP contribution is 2.36. The summed E-state index contributed by atoms with van der Waals surface area (Å²) in [5, 5.41) is -0.335. The Morgan fingerprint density at radius 3 is 2.60 bits per heavy atom. The molecular formula is C14H20N2O3S. The second-order valence-corrected chi connectivity index (χ2v) is 7.52. The largest absolute Gasteiger partial charge is 0.381 e. The molecule has 0 aliphatic carbocycles. The molecule has 1 aromatic rings. The number of hydrogen-bond donors (Lipinski definition) is 1. The third-order valence-electron chi connectivity index (χ3n) is 4.14. The minimum Gasteiger partial charge on any atom is -0.381 e. The number of nitrogens with two attached hydrogens (primary N) is 1. The molecule has 20 heavy (non-hydrogen) atoms. The Kier molecular flexibility index (Phi) is 3.70. The summed E-state index contributed by atoms with van der Waals surface area (Å²) < 4.78 is 32.5. The van der Waals surface area contributed by atoms with Crippen molar-refractivity contribution in [3.05, 3.63) is 29.8 Å². The Hall–Kier alpha value is -1.11. The van der Waals surface area contributed by atoms with Crippen LogP contribution in [0, 0.1) is 0 Å². The minimum atomic E-state index is -3.32. The van der Waals surface area contributed by atoms with Crippen LogP contribution < -0.4 is 10.0 Å². The van der Waals surface area contributed by atoms with Gasteiger partial charge in [0.25, 0.3) is 0 Å². The van der Waals surface area contributed by atoms with Gasteiger partial charge in [0, 0.05) is 25.8 Å². The molecule has 1 saturated heterocycles. The third-order valence-corrected chi connectivity index (χ3v) is 6.45. The van der Waals surface area contributed by atoms with Crippen molar-refractivity contribution in [3.63, 3.8) is 0 Å². The monoisotopic (exact) mass is 296 g/mol. The zero-order chi connectivity index (χ0) is 14.2. The van der Waals surface area contributed by atoms with Gasteiger partial charge in [0.2, 0.25) is 10.0 Å². The van der Waals surface area contributed by atoms with E-state index in [9.17, 15) is 8.42 Å². The first-order valence-corrected chi connectivity index (χ1v) is 8.55. The quantitative estimate of drug-likeness (QED) is 0.895. The molecule has 0 bridgehead atoms. The molecule has 2 heterocycles. The normalized spacial score (nSPS) is 24.4. The number of anilines is 1. The molecule has 2 aliphatic heterocycles. The molecule has 110 valence electrons. The Labute approximate surface area is 119 Å². The molecule has 1 fully saturated rings. The molecule has 1 aromatic carbocycles. The van der Waals surface area contributed by atoms with Crippen LogP contribution in [0.3, 0.4) is 0 Å². The zero-order valence-corrected chi connectivity index (χ0v) is 12.2. The van der Waals surface area contributed by atoms with Crippen molar-refractivity contribution in [1.29, 1.82) is 0 Å². The fraction of sp³-hybridized carbons (Fsp3) is 0.571. The van der Waals surface area contributed by atoms with E-state index < -0.39 is 10.0 Å². The molecule has 5 nitrogen and oxygen atoms in total. The molecule has 2 aliphatic rings. The van der Waals surface area contributed by atoms with E-state index in [-0.39, 0.29) is 11.3 Å². The van der Waals surface area contributed by atoms with E-state index in [0.717, 1.165) is 11.3 Å². The van der Waals surface area contributed by atoms with Crippen LogP contribution in [-0.2, 0) is 14.8 Å². The van der Waals surface area contributed by atoms with Gasteiger partial charge in [0.1, 0.15) is 0 Å². The summed E-state index contributed by atoms with van der Waals surface area (Å²) in [7, 11) is -3.32. The van der Waals surface area contributed by atoms with Crippen LogP contribution in [0.1, 0.15) is 30.9 Å². The smallest absolute Gasteiger partial charge is 0.238 e. The van der Waals surface area contributed by atoms with Gasteiger partial charge < -0.3 is 10.5 Å². The highest BCUT2D eigenvalue weighted by atomic mass is 32.2. The Morgan fingerprint density at radius 2 is 1.85 bits per heavy atom. The van der Waals surface area contributed by atoms with Gasteiger partial charge in [-0.3, -0.25) is 4.31 Å². The first-order valence-electron chi connectivity index (χ1n) is 7.04. The lowest BCUT2D eigenvalue weighted by Crippen LogP contribution is -2.45. The summed E-state index contributed by atoms with van der Waals surface area (Å²) in [5.41, 5.74) is 7.76. The molecule has 1 atom stereocenters. The predicted molar refractivity (Wildman–Crippen MR) is 78.1 cm³/mol. The van der Waals surface area contributed by atoms with Crippen LogP contribution in [-0.4, -0.2) is 33.4 Å². The maximum Gasteiger partial charge on any atom is 0.238 e. The van der Waals surface area contributed by atoms with Crippen molar-refractivity contribution in [2.45, 2.75) is 30.6 Å². The first kappa shape index (κ1) is 13.9. The number of sulfonamides is 1. The molecule has 3 rings (SSSR count). The van der Waals surface area contributed by atoms with Crippen molar-refractivity contribution in [3.8, 4) is 0 Å². The summed E-state index contributed by atoms with van der Waals surface area (Å²) in [4.78, 5) is 0. The maximum atomic E-state index is 12.8. The average molecular weight is 296 g/mol. The molecule has 6 heteroatoms. The van der Waals surface area contributed by atoms with Crippen LogP contribution in [0.4, 0.5) is 5.69 Å². The van der Waals surface area contributed by atoms with E-state index in [1.54, 1.807) is 4.31 Å². The minimum absolute atomic E-state index is 0.0765. The van der Waals surface area contributed by atoms with Gasteiger partial charge in [-0.15, -0.1) is 0 Å². The van der Waals surface area contributed by atoms with Crippen LogP contribution >= 0.6 is 0 Å². The number of fused-ring (bicyclic) bond motifs is 1. The summed E-state index contributed by atoms with van der Waals surface area (Å²) >= 11 is 0. The molecule has 0 saturated carbocycles. The standard InChI is InChI=1S/C14H20N2O3S/c15-13-5-8-16(14-4-2-1-3-12(13)14)20(17,18)11-6-9-19-10-7-11/h1-4,11,13H,5-10,15H2. The molecule has 0 spiro atoms. The predicted octanol–water partition coefficient (Wildman–Crippen LogP) is 1.41. The fourth-order valence-corrected chi connectivity index (χ4v) is 4.93. The highest BCUT2D eigenvalue weighted by Gasteiger charge is 2.36. The van der Waals surface area contributed by atoms with Gasteiger partial charge in [0.15, 0.2) is 0 Å². The summed E-state index contributed by atoms with van der Waals surface area (Å²) in [6.45, 7) is 1.52. The number of rotatable bonds is 2. The molecule has 1 unspecified atom stereocenters. The zero-order valence-electron chi connectivity index (χ0n) is 11.4. The number of para-hydroxylation sites is 1. The van der Waals surface area contributed by atoms with Crippen LogP contribution in [0.25, 0.3) is 0 Å². The average Bonchev–Trinajstić information content (AvgIpc) is 2.48. The first-order chi connectivity index (χ1) is 9.60. The van der Waals surface area contributed by atoms with Crippen LogP contribution in [0.2, 0.25) is 0 Å². The Balaban J connectivity index is 1.96.